The molecule has 0 atom stereocenters. The van der Waals surface area contributed by atoms with E-state index >= 15 is 0 Å². The van der Waals surface area contributed by atoms with Gasteiger partial charge in [0.05, 0.1) is 10.6 Å². The van der Waals surface area contributed by atoms with E-state index in [4.69, 9.17) is 4.74 Å². The van der Waals surface area contributed by atoms with Gasteiger partial charge in [-0.1, -0.05) is 36.4 Å². The molecule has 0 fully saturated rings. The van der Waals surface area contributed by atoms with E-state index in [-0.39, 0.29) is 17.4 Å². The molecule has 0 radical (unpaired) electrons. The summed E-state index contributed by atoms with van der Waals surface area (Å²) in [6.45, 7) is 1.95. The van der Waals surface area contributed by atoms with Gasteiger partial charge >= 0.3 is 0 Å². The van der Waals surface area contributed by atoms with Gasteiger partial charge in [-0.3, -0.25) is 9.10 Å². The molecule has 6 nitrogen and oxygen atoms in total. The highest BCUT2D eigenvalue weighted by Gasteiger charge is 2.23. The number of benzene rings is 3. The van der Waals surface area contributed by atoms with Crippen molar-refractivity contribution in [1.29, 1.82) is 0 Å². The minimum atomic E-state index is -3.70. The first kappa shape index (κ1) is 20.4. The number of hydrogen-bond acceptors (Lipinski definition) is 4. The maximum absolute atomic E-state index is 13.0. The second-order valence-electron chi connectivity index (χ2n) is 6.18. The Labute approximate surface area is 170 Å². The summed E-state index contributed by atoms with van der Waals surface area (Å²) >= 11 is 0. The topological polar surface area (TPSA) is 75.7 Å². The van der Waals surface area contributed by atoms with Crippen LogP contribution in [0.3, 0.4) is 0 Å². The SMILES string of the molecule is CCN(c1ccccc1)S(=O)(=O)c1ccc(NC(=O)COc2ccccc2)cc1. The molecule has 0 aliphatic heterocycles. The van der Waals surface area contributed by atoms with Crippen LogP contribution in [0.1, 0.15) is 6.92 Å². The zero-order valence-corrected chi connectivity index (χ0v) is 16.8. The molecule has 1 amide bonds. The summed E-state index contributed by atoms with van der Waals surface area (Å²) in [7, 11) is -3.70. The van der Waals surface area contributed by atoms with Crippen molar-refractivity contribution in [3.63, 3.8) is 0 Å². The Balaban J connectivity index is 1.66. The highest BCUT2D eigenvalue weighted by atomic mass is 32.2. The van der Waals surface area contributed by atoms with Gasteiger partial charge in [0.2, 0.25) is 0 Å². The Morgan fingerprint density at radius 1 is 0.897 bits per heavy atom. The van der Waals surface area contributed by atoms with Crippen LogP contribution in [0.2, 0.25) is 0 Å². The number of rotatable bonds is 8. The summed E-state index contributed by atoms with van der Waals surface area (Å²) in [6, 6.07) is 24.0. The highest BCUT2D eigenvalue weighted by molar-refractivity contribution is 7.92. The predicted octanol–water partition coefficient (Wildman–Crippen LogP) is 3.92. The minimum Gasteiger partial charge on any atom is -0.484 e. The van der Waals surface area contributed by atoms with E-state index in [1.807, 2.05) is 24.3 Å². The van der Waals surface area contributed by atoms with E-state index in [1.165, 1.54) is 16.4 Å². The Bertz CT molecular complexity index is 1040. The molecule has 0 spiro atoms. The van der Waals surface area contributed by atoms with Gasteiger partial charge in [0.1, 0.15) is 5.75 Å². The quantitative estimate of drug-likeness (QED) is 0.611. The zero-order chi connectivity index (χ0) is 20.7. The number of carbonyl (C=O) groups is 1. The number of para-hydroxylation sites is 2. The van der Waals surface area contributed by atoms with Crippen LogP contribution in [0.25, 0.3) is 0 Å². The van der Waals surface area contributed by atoms with E-state index in [0.29, 0.717) is 23.7 Å². The second kappa shape index (κ2) is 9.25. The summed E-state index contributed by atoms with van der Waals surface area (Å²) in [5, 5.41) is 2.69. The molecular formula is C22H22N2O4S. The third-order valence-corrected chi connectivity index (χ3v) is 6.09. The first-order valence-electron chi connectivity index (χ1n) is 9.16. The van der Waals surface area contributed by atoms with Crippen LogP contribution in [0.5, 0.6) is 5.75 Å². The van der Waals surface area contributed by atoms with Gasteiger partial charge in [-0.05, 0) is 55.5 Å². The molecular weight excluding hydrogens is 388 g/mol. The average molecular weight is 410 g/mol. The summed E-state index contributed by atoms with van der Waals surface area (Å²) < 4.78 is 32.7. The molecule has 0 aliphatic carbocycles. The summed E-state index contributed by atoms with van der Waals surface area (Å²) in [5.74, 6) is 0.272. The first-order valence-corrected chi connectivity index (χ1v) is 10.6. The van der Waals surface area contributed by atoms with E-state index in [1.54, 1.807) is 55.5 Å². The van der Waals surface area contributed by atoms with Crippen LogP contribution in [0, 0.1) is 0 Å². The molecule has 3 rings (SSSR count). The van der Waals surface area contributed by atoms with E-state index in [9.17, 15) is 13.2 Å². The largest absolute Gasteiger partial charge is 0.484 e. The van der Waals surface area contributed by atoms with Crippen LogP contribution in [0.15, 0.2) is 89.8 Å². The maximum Gasteiger partial charge on any atom is 0.264 e. The number of sulfonamides is 1. The molecule has 0 aliphatic rings. The molecule has 1 N–H and O–H groups in total. The van der Waals surface area contributed by atoms with Crippen molar-refractivity contribution < 1.29 is 17.9 Å². The van der Waals surface area contributed by atoms with Gasteiger partial charge in [0, 0.05) is 12.2 Å². The van der Waals surface area contributed by atoms with Crippen molar-refractivity contribution >= 4 is 27.3 Å². The molecule has 0 unspecified atom stereocenters. The fourth-order valence-corrected chi connectivity index (χ4v) is 4.26. The lowest BCUT2D eigenvalue weighted by atomic mass is 10.3. The summed E-state index contributed by atoms with van der Waals surface area (Å²) in [5.41, 5.74) is 1.10. The number of ether oxygens (including phenoxy) is 1. The van der Waals surface area contributed by atoms with Gasteiger partial charge in [-0.25, -0.2) is 8.42 Å². The fraction of sp³-hybridized carbons (Fsp3) is 0.136. The number of amides is 1. The monoisotopic (exact) mass is 410 g/mol. The molecule has 0 aromatic heterocycles. The average Bonchev–Trinajstić information content (AvgIpc) is 2.74. The Hall–Kier alpha value is -3.32. The molecule has 0 saturated carbocycles. The number of anilines is 2. The van der Waals surface area contributed by atoms with E-state index < -0.39 is 10.0 Å². The molecule has 29 heavy (non-hydrogen) atoms. The van der Waals surface area contributed by atoms with Crippen molar-refractivity contribution in [2.24, 2.45) is 0 Å². The Kier molecular flexibility index (Phi) is 6.51. The number of nitrogens with zero attached hydrogens (tertiary/aromatic N) is 1. The van der Waals surface area contributed by atoms with Crippen LogP contribution >= 0.6 is 0 Å². The lowest BCUT2D eigenvalue weighted by Crippen LogP contribution is -2.30. The molecule has 7 heteroatoms. The first-order chi connectivity index (χ1) is 14.0. The van der Waals surface area contributed by atoms with E-state index in [2.05, 4.69) is 5.32 Å². The van der Waals surface area contributed by atoms with Gasteiger partial charge in [0.15, 0.2) is 6.61 Å². The lowest BCUT2D eigenvalue weighted by Gasteiger charge is -2.23. The minimum absolute atomic E-state index is 0.137. The molecule has 0 saturated heterocycles. The third kappa shape index (κ3) is 5.14. The van der Waals surface area contributed by atoms with E-state index in [0.717, 1.165) is 0 Å². The van der Waals surface area contributed by atoms with Gasteiger partial charge in [-0.2, -0.15) is 0 Å². The molecule has 0 bridgehead atoms. The number of hydrogen-bond donors (Lipinski definition) is 1. The second-order valence-corrected chi connectivity index (χ2v) is 8.04. The normalized spacial score (nSPS) is 10.9. The van der Waals surface area contributed by atoms with Crippen LogP contribution in [-0.4, -0.2) is 27.5 Å². The Morgan fingerprint density at radius 3 is 2.07 bits per heavy atom. The number of nitrogens with one attached hydrogen (secondary N) is 1. The summed E-state index contributed by atoms with van der Waals surface area (Å²) in [4.78, 5) is 12.2. The van der Waals surface area contributed by atoms with Crippen molar-refractivity contribution in [2.45, 2.75) is 11.8 Å². The van der Waals surface area contributed by atoms with Gasteiger partial charge in [-0.15, -0.1) is 0 Å². The predicted molar refractivity (Wildman–Crippen MR) is 114 cm³/mol. The molecule has 150 valence electrons. The molecule has 3 aromatic carbocycles. The summed E-state index contributed by atoms with van der Waals surface area (Å²) in [6.07, 6.45) is 0. The van der Waals surface area contributed by atoms with Gasteiger partial charge < -0.3 is 10.1 Å². The maximum atomic E-state index is 13.0. The Morgan fingerprint density at radius 2 is 1.48 bits per heavy atom. The molecule has 0 heterocycles. The van der Waals surface area contributed by atoms with Crippen LogP contribution in [0.4, 0.5) is 11.4 Å². The van der Waals surface area contributed by atoms with Crippen LogP contribution in [-0.2, 0) is 14.8 Å². The third-order valence-electron chi connectivity index (χ3n) is 4.17. The van der Waals surface area contributed by atoms with Gasteiger partial charge in [0.25, 0.3) is 15.9 Å². The smallest absolute Gasteiger partial charge is 0.264 e. The van der Waals surface area contributed by atoms with Crippen molar-refractivity contribution in [1.82, 2.24) is 0 Å². The molecule has 3 aromatic rings. The van der Waals surface area contributed by atoms with Crippen molar-refractivity contribution in [2.75, 3.05) is 22.8 Å². The van der Waals surface area contributed by atoms with Crippen molar-refractivity contribution in [3.05, 3.63) is 84.9 Å². The van der Waals surface area contributed by atoms with Crippen molar-refractivity contribution in [3.8, 4) is 5.75 Å². The number of carbonyl (C=O) groups excluding carboxylic acids is 1. The van der Waals surface area contributed by atoms with Crippen LogP contribution < -0.4 is 14.4 Å². The fourth-order valence-electron chi connectivity index (χ4n) is 2.79. The zero-order valence-electron chi connectivity index (χ0n) is 16.0. The standard InChI is InChI=1S/C22H22N2O4S/c1-2-24(19-9-5-3-6-10-19)29(26,27)21-15-13-18(14-16-21)23-22(25)17-28-20-11-7-4-8-12-20/h3-16H,2,17H2,1H3,(H,23,25). The highest BCUT2D eigenvalue weighted by Crippen LogP contribution is 2.24. The lowest BCUT2D eigenvalue weighted by molar-refractivity contribution is -0.118.